The van der Waals surface area contributed by atoms with Crippen LogP contribution in [-0.4, -0.2) is 42.3 Å². The largest absolute Gasteiger partial charge is 0.405 e. The number of rotatable bonds is 3. The van der Waals surface area contributed by atoms with Crippen molar-refractivity contribution < 1.29 is 27.9 Å². The second kappa shape index (κ2) is 6.33. The molecule has 1 aliphatic heterocycles. The summed E-state index contributed by atoms with van der Waals surface area (Å²) in [5.74, 6) is -1.13. The van der Waals surface area contributed by atoms with Gasteiger partial charge >= 0.3 is 6.18 Å². The van der Waals surface area contributed by atoms with E-state index < -0.39 is 36.7 Å². The molecule has 136 valence electrons. The molecule has 1 aliphatic carbocycles. The maximum absolute atomic E-state index is 13.0. The Bertz CT molecular complexity index is 682. The van der Waals surface area contributed by atoms with Gasteiger partial charge in [0.15, 0.2) is 0 Å². The molecule has 2 N–H and O–H groups in total. The summed E-state index contributed by atoms with van der Waals surface area (Å²) < 4.78 is 36.7. The molecule has 1 saturated carbocycles. The van der Waals surface area contributed by atoms with Gasteiger partial charge in [-0.1, -0.05) is 18.2 Å². The Morgan fingerprint density at radius 2 is 1.92 bits per heavy atom. The normalized spacial score (nSPS) is 26.0. The maximum atomic E-state index is 13.0. The van der Waals surface area contributed by atoms with Gasteiger partial charge in [0.05, 0.1) is 11.5 Å². The number of alkyl halides is 3. The summed E-state index contributed by atoms with van der Waals surface area (Å²) in [6, 6.07) is 7.04. The van der Waals surface area contributed by atoms with Crippen molar-refractivity contribution in [1.82, 2.24) is 5.32 Å². The summed E-state index contributed by atoms with van der Waals surface area (Å²) in [6.45, 7) is -1.87. The molecule has 5 nitrogen and oxygen atoms in total. The van der Waals surface area contributed by atoms with E-state index >= 15 is 0 Å². The van der Waals surface area contributed by atoms with E-state index in [-0.39, 0.29) is 5.91 Å². The third-order valence-electron chi connectivity index (χ3n) is 4.96. The van der Waals surface area contributed by atoms with Gasteiger partial charge in [-0.3, -0.25) is 9.59 Å². The fourth-order valence-electron chi connectivity index (χ4n) is 3.73. The van der Waals surface area contributed by atoms with Crippen LogP contribution in [0.4, 0.5) is 18.9 Å². The van der Waals surface area contributed by atoms with E-state index in [2.05, 4.69) is 0 Å². The Morgan fingerprint density at radius 3 is 2.56 bits per heavy atom. The van der Waals surface area contributed by atoms with Crippen LogP contribution >= 0.6 is 0 Å². The number of nitrogens with zero attached hydrogens (tertiary/aromatic N) is 1. The number of para-hydroxylation sites is 1. The Kier molecular flexibility index (Phi) is 4.49. The number of halogens is 3. The number of anilines is 1. The van der Waals surface area contributed by atoms with Crippen LogP contribution in [0.1, 0.15) is 31.2 Å². The third-order valence-corrected chi connectivity index (χ3v) is 4.96. The summed E-state index contributed by atoms with van der Waals surface area (Å²) in [4.78, 5) is 26.2. The molecule has 2 aliphatic rings. The average Bonchev–Trinajstić information content (AvgIpc) is 2.78. The lowest BCUT2D eigenvalue weighted by Crippen LogP contribution is -2.47. The Morgan fingerprint density at radius 1 is 1.28 bits per heavy atom. The molecular weight excluding hydrogens is 337 g/mol. The first kappa shape index (κ1) is 17.7. The zero-order valence-electron chi connectivity index (χ0n) is 13.5. The van der Waals surface area contributed by atoms with E-state index in [9.17, 15) is 27.9 Å². The fourth-order valence-corrected chi connectivity index (χ4v) is 3.73. The minimum Gasteiger partial charge on any atom is -0.393 e. The Hall–Kier alpha value is -2.09. The van der Waals surface area contributed by atoms with Gasteiger partial charge in [-0.25, -0.2) is 0 Å². The highest BCUT2D eigenvalue weighted by Crippen LogP contribution is 2.49. The van der Waals surface area contributed by atoms with E-state index in [1.165, 1.54) is 4.90 Å². The quantitative estimate of drug-likeness (QED) is 0.869. The number of carbonyl (C=O) groups excluding carboxylic acids is 2. The zero-order chi connectivity index (χ0) is 18.2. The van der Waals surface area contributed by atoms with Gasteiger partial charge < -0.3 is 15.3 Å². The summed E-state index contributed by atoms with van der Waals surface area (Å²) in [5.41, 5.74) is 0.557. The molecule has 0 atom stereocenters. The summed E-state index contributed by atoms with van der Waals surface area (Å²) in [7, 11) is 0. The van der Waals surface area contributed by atoms with E-state index in [0.29, 0.717) is 31.4 Å². The van der Waals surface area contributed by atoms with Crippen molar-refractivity contribution in [3.8, 4) is 0 Å². The lowest BCUT2D eigenvalue weighted by atomic mass is 9.69. The molecule has 0 saturated heterocycles. The van der Waals surface area contributed by atoms with Crippen molar-refractivity contribution in [3.05, 3.63) is 29.8 Å². The minimum atomic E-state index is -4.50. The number of nitrogens with one attached hydrogen (secondary N) is 1. The highest BCUT2D eigenvalue weighted by atomic mass is 19.4. The van der Waals surface area contributed by atoms with E-state index in [4.69, 9.17) is 0 Å². The van der Waals surface area contributed by atoms with E-state index in [1.54, 1.807) is 23.5 Å². The number of hydrogen-bond acceptors (Lipinski definition) is 3. The second-order valence-electron chi connectivity index (χ2n) is 6.61. The molecule has 8 heteroatoms. The molecule has 1 aromatic rings. The number of aliphatic hydroxyl groups excluding tert-OH is 1. The van der Waals surface area contributed by atoms with Crippen LogP contribution in [0.5, 0.6) is 0 Å². The lowest BCUT2D eigenvalue weighted by Gasteiger charge is -2.34. The molecule has 2 amide bonds. The monoisotopic (exact) mass is 356 g/mol. The molecule has 1 spiro atoms. The van der Waals surface area contributed by atoms with Gasteiger partial charge in [0.25, 0.3) is 0 Å². The molecule has 1 heterocycles. The van der Waals surface area contributed by atoms with Crippen LogP contribution in [0.3, 0.4) is 0 Å². The predicted octanol–water partition coefficient (Wildman–Crippen LogP) is 1.88. The van der Waals surface area contributed by atoms with Crippen molar-refractivity contribution in [2.24, 2.45) is 0 Å². The number of fused-ring (bicyclic) bond motifs is 2. The molecule has 0 radical (unpaired) electrons. The topological polar surface area (TPSA) is 69.6 Å². The van der Waals surface area contributed by atoms with Crippen molar-refractivity contribution in [1.29, 1.82) is 0 Å². The second-order valence-corrected chi connectivity index (χ2v) is 6.61. The fraction of sp³-hybridized carbons (Fsp3) is 0.529. The van der Waals surface area contributed by atoms with Crippen LogP contribution in [-0.2, 0) is 15.0 Å². The van der Waals surface area contributed by atoms with Gasteiger partial charge in [-0.15, -0.1) is 0 Å². The summed E-state index contributed by atoms with van der Waals surface area (Å²) in [6.07, 6.45) is -3.06. The maximum Gasteiger partial charge on any atom is 0.405 e. The van der Waals surface area contributed by atoms with Gasteiger partial charge in [0.2, 0.25) is 11.8 Å². The molecule has 0 unspecified atom stereocenters. The van der Waals surface area contributed by atoms with Crippen LogP contribution in [0.25, 0.3) is 0 Å². The first-order valence-electron chi connectivity index (χ1n) is 8.16. The van der Waals surface area contributed by atoms with Crippen LogP contribution in [0.15, 0.2) is 24.3 Å². The SMILES string of the molecule is O=C(CN1C(=O)C2(CCC(O)CC2)c2ccccc21)NCC(F)(F)F. The van der Waals surface area contributed by atoms with Gasteiger partial charge in [-0.2, -0.15) is 13.2 Å². The van der Waals surface area contributed by atoms with Gasteiger partial charge in [0.1, 0.15) is 13.1 Å². The minimum absolute atomic E-state index is 0.275. The van der Waals surface area contributed by atoms with Gasteiger partial charge in [-0.05, 0) is 37.3 Å². The average molecular weight is 356 g/mol. The number of amides is 2. The standard InChI is InChI=1S/C17H19F3N2O3/c18-17(19,20)10-21-14(24)9-22-13-4-2-1-3-12(13)16(15(22)25)7-5-11(23)6-8-16/h1-4,11,23H,5-10H2,(H,21,24). The third kappa shape index (κ3) is 3.35. The van der Waals surface area contributed by atoms with Crippen LogP contribution in [0, 0.1) is 0 Å². The Labute approximate surface area is 142 Å². The Balaban J connectivity index is 1.82. The van der Waals surface area contributed by atoms with E-state index in [1.807, 2.05) is 6.07 Å². The first-order chi connectivity index (χ1) is 11.7. The molecule has 0 bridgehead atoms. The molecule has 0 aromatic heterocycles. The van der Waals surface area contributed by atoms with Crippen molar-refractivity contribution in [2.45, 2.75) is 43.4 Å². The van der Waals surface area contributed by atoms with Crippen molar-refractivity contribution in [2.75, 3.05) is 18.0 Å². The van der Waals surface area contributed by atoms with E-state index in [0.717, 1.165) is 5.56 Å². The molecule has 25 heavy (non-hydrogen) atoms. The first-order valence-corrected chi connectivity index (χ1v) is 8.16. The zero-order valence-corrected chi connectivity index (χ0v) is 13.5. The number of benzene rings is 1. The van der Waals surface area contributed by atoms with Crippen LogP contribution < -0.4 is 10.2 Å². The highest BCUT2D eigenvalue weighted by Gasteiger charge is 2.52. The molecule has 3 rings (SSSR count). The summed E-state index contributed by atoms with van der Waals surface area (Å²) in [5, 5.41) is 11.6. The molecule has 1 aromatic carbocycles. The lowest BCUT2D eigenvalue weighted by molar-refractivity contribution is -0.138. The number of aliphatic hydroxyl groups is 1. The molecular formula is C17H19F3N2O3. The van der Waals surface area contributed by atoms with Gasteiger partial charge in [0, 0.05) is 5.69 Å². The number of carbonyl (C=O) groups is 2. The van der Waals surface area contributed by atoms with Crippen LogP contribution in [0.2, 0.25) is 0 Å². The number of hydrogen-bond donors (Lipinski definition) is 2. The highest BCUT2D eigenvalue weighted by molar-refractivity contribution is 6.10. The predicted molar refractivity (Wildman–Crippen MR) is 84.0 cm³/mol. The summed E-state index contributed by atoms with van der Waals surface area (Å²) >= 11 is 0. The smallest absolute Gasteiger partial charge is 0.393 e. The molecule has 1 fully saturated rings. The van der Waals surface area contributed by atoms with Crippen molar-refractivity contribution >= 4 is 17.5 Å². The van der Waals surface area contributed by atoms with Crippen molar-refractivity contribution in [3.63, 3.8) is 0 Å².